The molecule has 0 unspecified atom stereocenters. The molecule has 1 aromatic heterocycles. The first-order chi connectivity index (χ1) is 12.5. The smallest absolute Gasteiger partial charge is 0.270 e. The van der Waals surface area contributed by atoms with Crippen LogP contribution in [0.4, 0.5) is 11.6 Å². The van der Waals surface area contributed by atoms with Crippen LogP contribution in [-0.2, 0) is 0 Å². The van der Waals surface area contributed by atoms with E-state index in [0.717, 1.165) is 31.9 Å². The third-order valence-electron chi connectivity index (χ3n) is 4.41. The number of nitro groups is 1. The number of amides is 1. The summed E-state index contributed by atoms with van der Waals surface area (Å²) in [6.45, 7) is 2.21. The quantitative estimate of drug-likeness (QED) is 0.636. The maximum absolute atomic E-state index is 12.3. The molecule has 1 saturated heterocycles. The van der Waals surface area contributed by atoms with Crippen molar-refractivity contribution in [2.45, 2.75) is 12.8 Å². The van der Waals surface area contributed by atoms with E-state index in [1.165, 1.54) is 18.2 Å². The van der Waals surface area contributed by atoms with Gasteiger partial charge in [0.05, 0.1) is 15.5 Å². The molecule has 0 bridgehead atoms. The number of nitro benzene ring substituents is 1. The molecule has 1 N–H and O–H groups in total. The summed E-state index contributed by atoms with van der Waals surface area (Å²) in [6, 6.07) is 5.63. The molecular formula is C17H18ClN5O3. The van der Waals surface area contributed by atoms with Crippen LogP contribution in [0.25, 0.3) is 0 Å². The predicted molar refractivity (Wildman–Crippen MR) is 97.4 cm³/mol. The Labute approximate surface area is 155 Å². The van der Waals surface area contributed by atoms with Crippen LogP contribution in [0.3, 0.4) is 0 Å². The summed E-state index contributed by atoms with van der Waals surface area (Å²) in [5.74, 6) is 0.766. The number of aromatic nitrogens is 2. The Bertz CT molecular complexity index is 794. The van der Waals surface area contributed by atoms with E-state index >= 15 is 0 Å². The van der Waals surface area contributed by atoms with Gasteiger partial charge in [-0.25, -0.2) is 9.97 Å². The molecule has 1 amide bonds. The zero-order valence-electron chi connectivity index (χ0n) is 14.0. The number of rotatable bonds is 5. The number of halogens is 1. The van der Waals surface area contributed by atoms with Gasteiger partial charge in [-0.3, -0.25) is 14.9 Å². The first kappa shape index (κ1) is 18.1. The number of nitrogens with zero attached hydrogens (tertiary/aromatic N) is 4. The van der Waals surface area contributed by atoms with E-state index in [0.29, 0.717) is 12.5 Å². The molecule has 1 aliphatic heterocycles. The molecule has 2 aromatic rings. The molecule has 0 saturated carbocycles. The fourth-order valence-electron chi connectivity index (χ4n) is 2.93. The van der Waals surface area contributed by atoms with Gasteiger partial charge in [0, 0.05) is 44.2 Å². The lowest BCUT2D eigenvalue weighted by Crippen LogP contribution is -2.39. The van der Waals surface area contributed by atoms with Gasteiger partial charge in [0.2, 0.25) is 5.95 Å². The summed E-state index contributed by atoms with van der Waals surface area (Å²) < 4.78 is 0. The zero-order valence-corrected chi connectivity index (χ0v) is 14.7. The monoisotopic (exact) mass is 375 g/mol. The van der Waals surface area contributed by atoms with Crippen molar-refractivity contribution in [3.63, 3.8) is 0 Å². The summed E-state index contributed by atoms with van der Waals surface area (Å²) in [7, 11) is 0. The van der Waals surface area contributed by atoms with Crippen molar-refractivity contribution < 1.29 is 9.72 Å². The second-order valence-electron chi connectivity index (χ2n) is 6.11. The van der Waals surface area contributed by atoms with Gasteiger partial charge in [-0.05, 0) is 30.9 Å². The van der Waals surface area contributed by atoms with E-state index in [4.69, 9.17) is 11.6 Å². The molecule has 0 spiro atoms. The standard InChI is InChI=1S/C17H18ClN5O3/c18-15-10-13(23(25)26)2-3-14(15)16(24)21-11-12-4-8-22(9-5-12)17-19-6-1-7-20-17/h1-3,6-7,10,12H,4-5,8-9,11H2,(H,21,24). The fraction of sp³-hybridized carbons (Fsp3) is 0.353. The van der Waals surface area contributed by atoms with Gasteiger partial charge in [-0.15, -0.1) is 0 Å². The highest BCUT2D eigenvalue weighted by atomic mass is 35.5. The number of carbonyl (C=O) groups is 1. The van der Waals surface area contributed by atoms with Crippen molar-refractivity contribution >= 4 is 29.1 Å². The molecule has 3 rings (SSSR count). The highest BCUT2D eigenvalue weighted by molar-refractivity contribution is 6.34. The van der Waals surface area contributed by atoms with Crippen LogP contribution in [0.2, 0.25) is 5.02 Å². The van der Waals surface area contributed by atoms with E-state index in [-0.39, 0.29) is 22.2 Å². The zero-order chi connectivity index (χ0) is 18.5. The minimum absolute atomic E-state index is 0.0766. The van der Waals surface area contributed by atoms with E-state index in [1.807, 2.05) is 0 Å². The first-order valence-corrected chi connectivity index (χ1v) is 8.66. The second kappa shape index (κ2) is 8.09. The SMILES string of the molecule is O=C(NCC1CCN(c2ncccn2)CC1)c1ccc([N+](=O)[O-])cc1Cl. The second-order valence-corrected chi connectivity index (χ2v) is 6.52. The lowest BCUT2D eigenvalue weighted by atomic mass is 9.97. The lowest BCUT2D eigenvalue weighted by Gasteiger charge is -2.31. The van der Waals surface area contributed by atoms with Gasteiger partial charge in [-0.2, -0.15) is 0 Å². The van der Waals surface area contributed by atoms with E-state index in [1.54, 1.807) is 18.5 Å². The summed E-state index contributed by atoms with van der Waals surface area (Å²) in [5.41, 5.74) is 0.106. The predicted octanol–water partition coefficient (Wildman–Crippen LogP) is 2.68. The Morgan fingerprint density at radius 2 is 2.00 bits per heavy atom. The normalized spacial score (nSPS) is 14.9. The average Bonchev–Trinajstić information content (AvgIpc) is 2.67. The van der Waals surface area contributed by atoms with Crippen LogP contribution >= 0.6 is 11.6 Å². The Morgan fingerprint density at radius 3 is 2.62 bits per heavy atom. The maximum atomic E-state index is 12.3. The van der Waals surface area contributed by atoms with Crippen LogP contribution in [0.15, 0.2) is 36.7 Å². The number of carbonyl (C=O) groups excluding carboxylic acids is 1. The summed E-state index contributed by atoms with van der Waals surface area (Å²) in [4.78, 5) is 33.1. The van der Waals surface area contributed by atoms with Crippen LogP contribution in [0.1, 0.15) is 23.2 Å². The summed E-state index contributed by atoms with van der Waals surface area (Å²) >= 11 is 5.99. The average molecular weight is 376 g/mol. The number of hydrogen-bond donors (Lipinski definition) is 1. The number of non-ortho nitro benzene ring substituents is 1. The van der Waals surface area contributed by atoms with Crippen LogP contribution in [0, 0.1) is 16.0 Å². The molecule has 0 aliphatic carbocycles. The lowest BCUT2D eigenvalue weighted by molar-refractivity contribution is -0.384. The largest absolute Gasteiger partial charge is 0.352 e. The Kier molecular flexibility index (Phi) is 5.62. The van der Waals surface area contributed by atoms with E-state index < -0.39 is 4.92 Å². The third kappa shape index (κ3) is 4.26. The van der Waals surface area contributed by atoms with Gasteiger partial charge < -0.3 is 10.2 Å². The molecule has 1 aliphatic rings. The third-order valence-corrected chi connectivity index (χ3v) is 4.72. The Morgan fingerprint density at radius 1 is 1.31 bits per heavy atom. The molecule has 9 heteroatoms. The van der Waals surface area contributed by atoms with Crippen molar-refractivity contribution in [1.29, 1.82) is 0 Å². The van der Waals surface area contributed by atoms with Crippen molar-refractivity contribution in [2.75, 3.05) is 24.5 Å². The van der Waals surface area contributed by atoms with Gasteiger partial charge in [0.25, 0.3) is 11.6 Å². The van der Waals surface area contributed by atoms with Crippen molar-refractivity contribution in [3.05, 3.63) is 57.4 Å². The molecule has 1 aromatic carbocycles. The fourth-order valence-corrected chi connectivity index (χ4v) is 3.19. The first-order valence-electron chi connectivity index (χ1n) is 8.28. The van der Waals surface area contributed by atoms with Crippen LogP contribution < -0.4 is 10.2 Å². The summed E-state index contributed by atoms with van der Waals surface area (Å²) in [5, 5.41) is 13.7. The van der Waals surface area contributed by atoms with E-state index in [2.05, 4.69) is 20.2 Å². The molecule has 8 nitrogen and oxygen atoms in total. The number of benzene rings is 1. The van der Waals surface area contributed by atoms with Gasteiger partial charge in [0.1, 0.15) is 0 Å². The van der Waals surface area contributed by atoms with Crippen molar-refractivity contribution in [3.8, 4) is 0 Å². The Hall–Kier alpha value is -2.74. The topological polar surface area (TPSA) is 101 Å². The number of anilines is 1. The molecule has 2 heterocycles. The number of piperidine rings is 1. The molecular weight excluding hydrogens is 358 g/mol. The molecule has 136 valence electrons. The Balaban J connectivity index is 1.51. The minimum atomic E-state index is -0.544. The molecule has 26 heavy (non-hydrogen) atoms. The maximum Gasteiger partial charge on any atom is 0.270 e. The van der Waals surface area contributed by atoms with E-state index in [9.17, 15) is 14.9 Å². The highest BCUT2D eigenvalue weighted by Crippen LogP contribution is 2.23. The summed E-state index contributed by atoms with van der Waals surface area (Å²) in [6.07, 6.45) is 5.30. The molecule has 0 atom stereocenters. The van der Waals surface area contributed by atoms with Crippen molar-refractivity contribution in [1.82, 2.24) is 15.3 Å². The highest BCUT2D eigenvalue weighted by Gasteiger charge is 2.22. The molecule has 0 radical (unpaired) electrons. The van der Waals surface area contributed by atoms with Crippen molar-refractivity contribution in [2.24, 2.45) is 5.92 Å². The number of nitrogens with one attached hydrogen (secondary N) is 1. The van der Waals surface area contributed by atoms with Gasteiger partial charge in [-0.1, -0.05) is 11.6 Å². The molecule has 1 fully saturated rings. The minimum Gasteiger partial charge on any atom is -0.352 e. The van der Waals surface area contributed by atoms with Crippen LogP contribution in [-0.4, -0.2) is 40.4 Å². The van der Waals surface area contributed by atoms with Gasteiger partial charge in [0.15, 0.2) is 0 Å². The van der Waals surface area contributed by atoms with Gasteiger partial charge >= 0.3 is 0 Å². The van der Waals surface area contributed by atoms with Crippen LogP contribution in [0.5, 0.6) is 0 Å². The number of hydrogen-bond acceptors (Lipinski definition) is 6.